The second-order valence-corrected chi connectivity index (χ2v) is 3.99. The lowest BCUT2D eigenvalue weighted by molar-refractivity contribution is 0.954. The Balaban J connectivity index is 2.41. The smallest absolute Gasteiger partial charge is 0.100 e. The van der Waals surface area contributed by atoms with Gasteiger partial charge in [-0.25, -0.2) is 0 Å². The summed E-state index contributed by atoms with van der Waals surface area (Å²) in [5.74, 6) is 0.704. The van der Waals surface area contributed by atoms with Crippen molar-refractivity contribution in [3.63, 3.8) is 0 Å². The van der Waals surface area contributed by atoms with Gasteiger partial charge in [0.25, 0.3) is 0 Å². The zero-order chi connectivity index (χ0) is 10.1. The molecule has 74 valence electrons. The fraction of sp³-hybridized carbons (Fsp3) is 0.364. The third-order valence-corrected chi connectivity index (χ3v) is 3.06. The van der Waals surface area contributed by atoms with Crippen LogP contribution in [-0.4, -0.2) is 12.4 Å². The van der Waals surface area contributed by atoms with Crippen molar-refractivity contribution in [3.8, 4) is 0 Å². The van der Waals surface area contributed by atoms with E-state index in [0.29, 0.717) is 5.84 Å². The first kappa shape index (κ1) is 9.53. The number of rotatable bonds is 1. The standard InChI is InChI=1S/C11H13ClN2/c1-8-9(12)4-2-5-10(8)14-7-3-6-11(14)13/h2,4-5,13H,3,6-7H2,1H3. The van der Waals surface area contributed by atoms with Crippen LogP contribution in [0.4, 0.5) is 5.69 Å². The summed E-state index contributed by atoms with van der Waals surface area (Å²) in [5, 5.41) is 8.57. The molecule has 1 heterocycles. The SMILES string of the molecule is Cc1c(Cl)cccc1N1CCCC1=N. The molecule has 0 aliphatic carbocycles. The molecule has 0 bridgehead atoms. The zero-order valence-electron chi connectivity index (χ0n) is 8.18. The van der Waals surface area contributed by atoms with Gasteiger partial charge < -0.3 is 4.90 Å². The Morgan fingerprint density at radius 2 is 2.21 bits per heavy atom. The highest BCUT2D eigenvalue weighted by Crippen LogP contribution is 2.29. The van der Waals surface area contributed by atoms with Crippen LogP contribution in [0.1, 0.15) is 18.4 Å². The Kier molecular flexibility index (Phi) is 2.46. The molecular formula is C11H13ClN2. The van der Waals surface area contributed by atoms with E-state index in [1.807, 2.05) is 30.0 Å². The first-order valence-electron chi connectivity index (χ1n) is 4.80. The molecule has 0 aromatic heterocycles. The third-order valence-electron chi connectivity index (χ3n) is 2.65. The number of benzene rings is 1. The number of hydrogen-bond acceptors (Lipinski definition) is 1. The van der Waals surface area contributed by atoms with Crippen LogP contribution in [0.5, 0.6) is 0 Å². The van der Waals surface area contributed by atoms with E-state index in [1.165, 1.54) is 0 Å². The van der Waals surface area contributed by atoms with Gasteiger partial charge in [-0.2, -0.15) is 0 Å². The highest BCUT2D eigenvalue weighted by Gasteiger charge is 2.20. The van der Waals surface area contributed by atoms with Crippen LogP contribution < -0.4 is 4.90 Å². The molecule has 1 aromatic carbocycles. The van der Waals surface area contributed by atoms with E-state index in [1.54, 1.807) is 0 Å². The van der Waals surface area contributed by atoms with Crippen molar-refractivity contribution in [1.82, 2.24) is 0 Å². The molecule has 1 saturated heterocycles. The fourth-order valence-corrected chi connectivity index (χ4v) is 2.00. The highest BCUT2D eigenvalue weighted by molar-refractivity contribution is 6.31. The molecule has 0 spiro atoms. The van der Waals surface area contributed by atoms with Gasteiger partial charge >= 0.3 is 0 Å². The monoisotopic (exact) mass is 208 g/mol. The minimum absolute atomic E-state index is 0.704. The predicted molar refractivity (Wildman–Crippen MR) is 60.5 cm³/mol. The van der Waals surface area contributed by atoms with Crippen LogP contribution in [0.25, 0.3) is 0 Å². The van der Waals surface area contributed by atoms with Gasteiger partial charge in [-0.1, -0.05) is 17.7 Å². The summed E-state index contributed by atoms with van der Waals surface area (Å²) in [6.07, 6.45) is 1.96. The van der Waals surface area contributed by atoms with E-state index < -0.39 is 0 Å². The number of amidine groups is 1. The van der Waals surface area contributed by atoms with Crippen LogP contribution in [0.3, 0.4) is 0 Å². The first-order valence-corrected chi connectivity index (χ1v) is 5.18. The maximum Gasteiger partial charge on any atom is 0.100 e. The van der Waals surface area contributed by atoms with Crippen molar-refractivity contribution < 1.29 is 0 Å². The summed E-state index contributed by atoms with van der Waals surface area (Å²) in [6.45, 7) is 2.95. The lowest BCUT2D eigenvalue weighted by atomic mass is 10.2. The molecule has 2 nitrogen and oxygen atoms in total. The van der Waals surface area contributed by atoms with E-state index in [2.05, 4.69) is 0 Å². The summed E-state index contributed by atoms with van der Waals surface area (Å²) in [5.41, 5.74) is 2.15. The summed E-state index contributed by atoms with van der Waals surface area (Å²) < 4.78 is 0. The van der Waals surface area contributed by atoms with Crippen molar-refractivity contribution in [1.29, 1.82) is 5.41 Å². The average Bonchev–Trinajstić information content (AvgIpc) is 2.57. The van der Waals surface area contributed by atoms with Crippen LogP contribution in [-0.2, 0) is 0 Å². The molecule has 1 N–H and O–H groups in total. The van der Waals surface area contributed by atoms with Crippen molar-refractivity contribution >= 4 is 23.1 Å². The Morgan fingerprint density at radius 1 is 1.43 bits per heavy atom. The van der Waals surface area contributed by atoms with E-state index >= 15 is 0 Å². The summed E-state index contributed by atoms with van der Waals surface area (Å²) in [7, 11) is 0. The highest BCUT2D eigenvalue weighted by atomic mass is 35.5. The van der Waals surface area contributed by atoms with Gasteiger partial charge in [0.05, 0.1) is 0 Å². The number of halogens is 1. The molecule has 14 heavy (non-hydrogen) atoms. The van der Waals surface area contributed by atoms with Gasteiger partial charge in [0.1, 0.15) is 5.84 Å². The van der Waals surface area contributed by atoms with Crippen LogP contribution in [0.2, 0.25) is 5.02 Å². The lowest BCUT2D eigenvalue weighted by Gasteiger charge is -2.20. The first-order chi connectivity index (χ1) is 6.70. The molecule has 2 rings (SSSR count). The van der Waals surface area contributed by atoms with Crippen LogP contribution in [0, 0.1) is 12.3 Å². The number of hydrogen-bond donors (Lipinski definition) is 1. The maximum absolute atomic E-state index is 7.79. The number of nitrogens with one attached hydrogen (secondary N) is 1. The van der Waals surface area contributed by atoms with Gasteiger partial charge in [-0.3, -0.25) is 5.41 Å². The number of anilines is 1. The predicted octanol–water partition coefficient (Wildman–Crippen LogP) is 3.23. The molecule has 3 heteroatoms. The Hall–Kier alpha value is -1.02. The Labute approximate surface area is 89.0 Å². The van der Waals surface area contributed by atoms with Crippen LogP contribution in [0.15, 0.2) is 18.2 Å². The van der Waals surface area contributed by atoms with Gasteiger partial charge in [-0.05, 0) is 31.0 Å². The summed E-state index contributed by atoms with van der Waals surface area (Å²) in [4.78, 5) is 2.04. The molecule has 1 aromatic rings. The second-order valence-electron chi connectivity index (χ2n) is 3.59. The molecule has 0 saturated carbocycles. The summed E-state index contributed by atoms with van der Waals surface area (Å²) in [6, 6.07) is 5.86. The fourth-order valence-electron chi connectivity index (χ4n) is 1.83. The molecule has 0 amide bonds. The molecular weight excluding hydrogens is 196 g/mol. The van der Waals surface area contributed by atoms with Crippen molar-refractivity contribution in [2.75, 3.05) is 11.4 Å². The van der Waals surface area contributed by atoms with E-state index in [9.17, 15) is 0 Å². The van der Waals surface area contributed by atoms with Gasteiger partial charge in [-0.15, -0.1) is 0 Å². The minimum Gasteiger partial charge on any atom is -0.330 e. The van der Waals surface area contributed by atoms with Gasteiger partial charge in [0.15, 0.2) is 0 Å². The van der Waals surface area contributed by atoms with E-state index in [-0.39, 0.29) is 0 Å². The Bertz CT molecular complexity index is 374. The molecule has 1 aliphatic heterocycles. The third kappa shape index (κ3) is 1.50. The van der Waals surface area contributed by atoms with Crippen molar-refractivity contribution in [2.45, 2.75) is 19.8 Å². The second kappa shape index (κ2) is 3.62. The molecule has 0 radical (unpaired) electrons. The lowest BCUT2D eigenvalue weighted by Crippen LogP contribution is -2.23. The van der Waals surface area contributed by atoms with Gasteiger partial charge in [0.2, 0.25) is 0 Å². The Morgan fingerprint density at radius 3 is 2.86 bits per heavy atom. The van der Waals surface area contributed by atoms with Crippen molar-refractivity contribution in [2.24, 2.45) is 0 Å². The van der Waals surface area contributed by atoms with E-state index in [4.69, 9.17) is 17.0 Å². The molecule has 1 aliphatic rings. The normalized spacial score (nSPS) is 16.4. The largest absolute Gasteiger partial charge is 0.330 e. The molecule has 1 fully saturated rings. The average molecular weight is 209 g/mol. The molecule has 0 unspecified atom stereocenters. The van der Waals surface area contributed by atoms with Crippen LogP contribution >= 0.6 is 11.6 Å². The summed E-state index contributed by atoms with van der Waals surface area (Å²) >= 11 is 6.04. The topological polar surface area (TPSA) is 27.1 Å². The van der Waals surface area contributed by atoms with E-state index in [0.717, 1.165) is 35.7 Å². The maximum atomic E-state index is 7.79. The molecule has 0 atom stereocenters. The quantitative estimate of drug-likeness (QED) is 0.754. The number of nitrogens with zero attached hydrogens (tertiary/aromatic N) is 1. The minimum atomic E-state index is 0.704. The van der Waals surface area contributed by atoms with Gasteiger partial charge in [0, 0.05) is 23.7 Å². The van der Waals surface area contributed by atoms with Crippen molar-refractivity contribution in [3.05, 3.63) is 28.8 Å². The zero-order valence-corrected chi connectivity index (χ0v) is 8.93.